The number of rotatable bonds is 6. The number of nitrogens with one attached hydrogen (secondary N) is 1. The van der Waals surface area contributed by atoms with E-state index in [2.05, 4.69) is 24.4 Å². The molecule has 2 aromatic carbocycles. The van der Waals surface area contributed by atoms with Crippen LogP contribution in [-0.4, -0.2) is 27.1 Å². The number of phenols is 1. The lowest BCUT2D eigenvalue weighted by atomic mass is 10.1. The zero-order chi connectivity index (χ0) is 21.3. The molecule has 2 heterocycles. The number of thiazole rings is 1. The lowest BCUT2D eigenvalue weighted by molar-refractivity contribution is 0.0531. The van der Waals surface area contributed by atoms with Gasteiger partial charge in [-0.1, -0.05) is 35.6 Å². The number of phenolic OH excluding ortho intramolecular Hbond substituents is 1. The van der Waals surface area contributed by atoms with Gasteiger partial charge in [0.15, 0.2) is 4.96 Å². The van der Waals surface area contributed by atoms with Gasteiger partial charge in [0.25, 0.3) is 0 Å². The molecule has 0 amide bonds. The average Bonchev–Trinajstić information content (AvgIpc) is 3.25. The van der Waals surface area contributed by atoms with E-state index in [1.807, 2.05) is 35.6 Å². The van der Waals surface area contributed by atoms with E-state index >= 15 is 0 Å². The first kappa shape index (κ1) is 20.0. The van der Waals surface area contributed by atoms with Crippen LogP contribution in [0.4, 0.5) is 5.82 Å². The largest absolute Gasteiger partial charge is 0.508 e. The second-order valence-electron chi connectivity index (χ2n) is 6.99. The van der Waals surface area contributed by atoms with Crippen molar-refractivity contribution >= 4 is 28.1 Å². The molecular formula is C23H23N3O3S. The first-order chi connectivity index (χ1) is 14.5. The van der Waals surface area contributed by atoms with Gasteiger partial charge in [-0.2, -0.15) is 0 Å². The van der Waals surface area contributed by atoms with Gasteiger partial charge in [0.05, 0.1) is 6.61 Å². The van der Waals surface area contributed by atoms with Gasteiger partial charge < -0.3 is 15.2 Å². The zero-order valence-electron chi connectivity index (χ0n) is 17.1. The minimum absolute atomic E-state index is 0.204. The van der Waals surface area contributed by atoms with Gasteiger partial charge in [0.2, 0.25) is 0 Å². The van der Waals surface area contributed by atoms with Crippen molar-refractivity contribution < 1.29 is 14.6 Å². The lowest BCUT2D eigenvalue weighted by Gasteiger charge is -2.11. The van der Waals surface area contributed by atoms with Crippen molar-refractivity contribution in [3.8, 4) is 17.0 Å². The van der Waals surface area contributed by atoms with Crippen LogP contribution in [-0.2, 0) is 11.3 Å². The smallest absolute Gasteiger partial charge is 0.350 e. The highest BCUT2D eigenvalue weighted by Crippen LogP contribution is 2.35. The predicted octanol–water partition coefficient (Wildman–Crippen LogP) is 5.17. The van der Waals surface area contributed by atoms with Crippen LogP contribution in [0.1, 0.15) is 33.4 Å². The topological polar surface area (TPSA) is 75.9 Å². The summed E-state index contributed by atoms with van der Waals surface area (Å²) >= 11 is 1.32. The van der Waals surface area contributed by atoms with Crippen LogP contribution in [0.25, 0.3) is 16.2 Å². The molecule has 7 heteroatoms. The standard InChI is InChI=1S/C23H23N3O3S/c1-4-29-22(28)20-15(3)26-21(24-13-17-8-6-5-7-14(17)2)19(25-23(26)30-20)16-9-11-18(27)12-10-16/h5-12,24,27H,4,13H2,1-3H3. The average molecular weight is 422 g/mol. The van der Waals surface area contributed by atoms with Crippen LogP contribution < -0.4 is 5.32 Å². The number of carbonyl (C=O) groups is 1. The van der Waals surface area contributed by atoms with Crippen molar-refractivity contribution in [2.45, 2.75) is 27.3 Å². The fraction of sp³-hybridized carbons (Fsp3) is 0.217. The van der Waals surface area contributed by atoms with E-state index in [-0.39, 0.29) is 11.7 Å². The maximum Gasteiger partial charge on any atom is 0.350 e. The predicted molar refractivity (Wildman–Crippen MR) is 119 cm³/mol. The maximum atomic E-state index is 12.4. The molecule has 30 heavy (non-hydrogen) atoms. The second-order valence-corrected chi connectivity index (χ2v) is 7.97. The number of imidazole rings is 1. The van der Waals surface area contributed by atoms with Crippen LogP contribution in [0.5, 0.6) is 5.75 Å². The van der Waals surface area contributed by atoms with E-state index in [1.54, 1.807) is 19.1 Å². The fourth-order valence-electron chi connectivity index (χ4n) is 3.40. The van der Waals surface area contributed by atoms with Crippen molar-refractivity contribution in [2.24, 2.45) is 0 Å². The summed E-state index contributed by atoms with van der Waals surface area (Å²) < 4.78 is 7.17. The molecule has 0 aliphatic heterocycles. The molecule has 0 spiro atoms. The number of aromatic hydroxyl groups is 1. The van der Waals surface area contributed by atoms with E-state index in [0.29, 0.717) is 23.0 Å². The molecule has 0 unspecified atom stereocenters. The van der Waals surface area contributed by atoms with Crippen molar-refractivity contribution in [2.75, 3.05) is 11.9 Å². The fourth-order valence-corrected chi connectivity index (χ4v) is 4.42. The number of anilines is 1. The summed E-state index contributed by atoms with van der Waals surface area (Å²) in [6.07, 6.45) is 0. The normalized spacial score (nSPS) is 11.0. The molecule has 6 nitrogen and oxygen atoms in total. The monoisotopic (exact) mass is 421 g/mol. The minimum atomic E-state index is -0.332. The van der Waals surface area contributed by atoms with Gasteiger partial charge in [-0.25, -0.2) is 9.78 Å². The number of carbonyl (C=O) groups excluding carboxylic acids is 1. The number of benzene rings is 2. The van der Waals surface area contributed by atoms with Gasteiger partial charge >= 0.3 is 5.97 Å². The van der Waals surface area contributed by atoms with E-state index < -0.39 is 0 Å². The van der Waals surface area contributed by atoms with Gasteiger partial charge in [-0.15, -0.1) is 0 Å². The van der Waals surface area contributed by atoms with Crippen LogP contribution in [0.15, 0.2) is 48.5 Å². The SMILES string of the molecule is CCOC(=O)c1sc2nc(-c3ccc(O)cc3)c(NCc3ccccc3C)n2c1C. The zero-order valence-corrected chi connectivity index (χ0v) is 17.9. The Morgan fingerprint density at radius 1 is 1.17 bits per heavy atom. The third-order valence-electron chi connectivity index (χ3n) is 5.01. The summed E-state index contributed by atoms with van der Waals surface area (Å²) in [6.45, 7) is 6.73. The van der Waals surface area contributed by atoms with E-state index in [1.165, 1.54) is 22.5 Å². The van der Waals surface area contributed by atoms with Crippen molar-refractivity contribution in [1.29, 1.82) is 0 Å². The molecule has 0 saturated heterocycles. The van der Waals surface area contributed by atoms with E-state index in [0.717, 1.165) is 22.8 Å². The molecular weight excluding hydrogens is 398 g/mol. The summed E-state index contributed by atoms with van der Waals surface area (Å²) in [5.41, 5.74) is 4.83. The summed E-state index contributed by atoms with van der Waals surface area (Å²) in [6, 6.07) is 15.2. The third kappa shape index (κ3) is 3.64. The molecule has 4 aromatic rings. The molecule has 154 valence electrons. The molecule has 2 N–H and O–H groups in total. The van der Waals surface area contributed by atoms with Crippen molar-refractivity contribution in [1.82, 2.24) is 9.38 Å². The lowest BCUT2D eigenvalue weighted by Crippen LogP contribution is -2.07. The van der Waals surface area contributed by atoms with Gasteiger partial charge in [-0.05, 0) is 56.2 Å². The van der Waals surface area contributed by atoms with E-state index in [4.69, 9.17) is 9.72 Å². The van der Waals surface area contributed by atoms with E-state index in [9.17, 15) is 9.90 Å². The van der Waals surface area contributed by atoms with Crippen LogP contribution in [0.2, 0.25) is 0 Å². The maximum absolute atomic E-state index is 12.4. The Hall–Kier alpha value is -3.32. The molecule has 0 fully saturated rings. The Morgan fingerprint density at radius 3 is 2.60 bits per heavy atom. The number of fused-ring (bicyclic) bond motifs is 1. The Kier molecular flexibility index (Phi) is 5.46. The van der Waals surface area contributed by atoms with Gasteiger partial charge in [0.1, 0.15) is 22.1 Å². The van der Waals surface area contributed by atoms with Crippen molar-refractivity contribution in [3.05, 3.63) is 70.2 Å². The highest BCUT2D eigenvalue weighted by Gasteiger charge is 2.23. The highest BCUT2D eigenvalue weighted by molar-refractivity contribution is 7.19. The number of ether oxygens (including phenoxy) is 1. The molecule has 0 aliphatic rings. The number of nitrogens with zero attached hydrogens (tertiary/aromatic N) is 2. The molecule has 2 aromatic heterocycles. The van der Waals surface area contributed by atoms with Crippen LogP contribution >= 0.6 is 11.3 Å². The van der Waals surface area contributed by atoms with Crippen LogP contribution in [0.3, 0.4) is 0 Å². The molecule has 0 aliphatic carbocycles. The molecule has 0 atom stereocenters. The van der Waals surface area contributed by atoms with Gasteiger partial charge in [0, 0.05) is 17.8 Å². The molecule has 4 rings (SSSR count). The highest BCUT2D eigenvalue weighted by atomic mass is 32.1. The first-order valence-electron chi connectivity index (χ1n) is 9.76. The summed E-state index contributed by atoms with van der Waals surface area (Å²) in [4.78, 5) is 18.4. The number of aromatic nitrogens is 2. The number of esters is 1. The van der Waals surface area contributed by atoms with Crippen LogP contribution in [0, 0.1) is 13.8 Å². The third-order valence-corrected chi connectivity index (χ3v) is 6.14. The Morgan fingerprint density at radius 2 is 1.90 bits per heavy atom. The van der Waals surface area contributed by atoms with Gasteiger partial charge in [-0.3, -0.25) is 4.40 Å². The van der Waals surface area contributed by atoms with Crippen molar-refractivity contribution in [3.63, 3.8) is 0 Å². The summed E-state index contributed by atoms with van der Waals surface area (Å²) in [5.74, 6) is 0.680. The molecule has 0 bridgehead atoms. The second kappa shape index (κ2) is 8.20. The Balaban J connectivity index is 1.81. The number of aryl methyl sites for hydroxylation is 2. The number of hydrogen-bond donors (Lipinski definition) is 2. The Bertz CT molecular complexity index is 1210. The number of hydrogen-bond acceptors (Lipinski definition) is 6. The summed E-state index contributed by atoms with van der Waals surface area (Å²) in [5, 5.41) is 13.2. The minimum Gasteiger partial charge on any atom is -0.508 e. The Labute approximate surface area is 178 Å². The summed E-state index contributed by atoms with van der Waals surface area (Å²) in [7, 11) is 0. The first-order valence-corrected chi connectivity index (χ1v) is 10.6. The molecule has 0 radical (unpaired) electrons. The molecule has 0 saturated carbocycles. The quantitative estimate of drug-likeness (QED) is 0.420.